The Bertz CT molecular complexity index is 449. The lowest BCUT2D eigenvalue weighted by atomic mass is 10.2. The van der Waals surface area contributed by atoms with Gasteiger partial charge < -0.3 is 14.5 Å². The van der Waals surface area contributed by atoms with Gasteiger partial charge in [-0.1, -0.05) is 4.49 Å². The van der Waals surface area contributed by atoms with Crippen LogP contribution in [0.4, 0.5) is 0 Å². The van der Waals surface area contributed by atoms with E-state index < -0.39 is 0 Å². The zero-order valence-corrected chi connectivity index (χ0v) is 12.5. The molecule has 110 valence electrons. The van der Waals surface area contributed by atoms with Gasteiger partial charge >= 0.3 is 0 Å². The Hall–Kier alpha value is -1.05. The van der Waals surface area contributed by atoms with E-state index in [-0.39, 0.29) is 12.0 Å². The van der Waals surface area contributed by atoms with Crippen LogP contribution in [0.1, 0.15) is 22.5 Å². The Labute approximate surface area is 122 Å². The van der Waals surface area contributed by atoms with E-state index in [2.05, 4.69) is 21.5 Å². The Morgan fingerprint density at radius 3 is 3.05 bits per heavy atom. The number of nitrogens with zero attached hydrogens (tertiary/aromatic N) is 4. The first-order valence-electron chi connectivity index (χ1n) is 7.09. The third-order valence-electron chi connectivity index (χ3n) is 3.80. The van der Waals surface area contributed by atoms with Gasteiger partial charge in [0.15, 0.2) is 0 Å². The van der Waals surface area contributed by atoms with Crippen molar-refractivity contribution in [3.05, 3.63) is 11.1 Å². The molecule has 1 saturated heterocycles. The lowest BCUT2D eigenvalue weighted by Gasteiger charge is -2.33. The molecule has 1 saturated carbocycles. The maximum atomic E-state index is 12.5. The summed E-state index contributed by atoms with van der Waals surface area (Å²) in [4.78, 5) is 17.3. The van der Waals surface area contributed by atoms with E-state index in [1.807, 2.05) is 4.90 Å². The van der Waals surface area contributed by atoms with Crippen LogP contribution in [0.3, 0.4) is 0 Å². The van der Waals surface area contributed by atoms with Crippen molar-refractivity contribution in [3.8, 4) is 0 Å². The molecule has 0 unspecified atom stereocenters. The Kier molecular flexibility index (Phi) is 4.28. The van der Waals surface area contributed by atoms with Crippen LogP contribution in [0.15, 0.2) is 6.20 Å². The number of carbonyl (C=O) groups is 1. The molecule has 1 amide bonds. The summed E-state index contributed by atoms with van der Waals surface area (Å²) in [7, 11) is 2.09. The van der Waals surface area contributed by atoms with Gasteiger partial charge in [-0.15, -0.1) is 5.10 Å². The molecule has 1 aromatic rings. The maximum Gasteiger partial charge on any atom is 0.267 e. The molecule has 3 rings (SSSR count). The molecule has 1 atom stereocenters. The van der Waals surface area contributed by atoms with E-state index in [9.17, 15) is 4.79 Å². The molecule has 2 fully saturated rings. The smallest absolute Gasteiger partial charge is 0.267 e. The number of ether oxygens (including phenoxy) is 1. The van der Waals surface area contributed by atoms with Gasteiger partial charge in [0.05, 0.1) is 18.9 Å². The van der Waals surface area contributed by atoms with Crippen molar-refractivity contribution < 1.29 is 9.53 Å². The van der Waals surface area contributed by atoms with Crippen LogP contribution in [0.5, 0.6) is 0 Å². The zero-order chi connectivity index (χ0) is 13.9. The molecule has 0 bridgehead atoms. The zero-order valence-electron chi connectivity index (χ0n) is 11.7. The highest BCUT2D eigenvalue weighted by Gasteiger charge is 2.30. The predicted octanol–water partition coefficient (Wildman–Crippen LogP) is 0.721. The third kappa shape index (κ3) is 3.53. The molecule has 2 heterocycles. The third-order valence-corrected chi connectivity index (χ3v) is 4.45. The largest absolute Gasteiger partial charge is 0.374 e. The number of morpholine rings is 1. The second-order valence-electron chi connectivity index (χ2n) is 5.69. The number of rotatable bonds is 5. The quantitative estimate of drug-likeness (QED) is 0.801. The van der Waals surface area contributed by atoms with Gasteiger partial charge in [0.2, 0.25) is 0 Å². The first-order chi connectivity index (χ1) is 9.72. The molecule has 0 N–H and O–H groups in total. The van der Waals surface area contributed by atoms with Crippen LogP contribution in [0, 0.1) is 5.92 Å². The normalized spacial score (nSPS) is 23.8. The van der Waals surface area contributed by atoms with Gasteiger partial charge in [-0.05, 0) is 37.3 Å². The number of hydrogen-bond acceptors (Lipinski definition) is 6. The van der Waals surface area contributed by atoms with Crippen LogP contribution in [0.25, 0.3) is 0 Å². The standard InChI is InChI=1S/C13H20N4O2S/c1-16-4-5-19-11(8-16)9-17(7-10-2-3-10)13(18)12-6-14-15-20-12/h6,10-11H,2-5,7-9H2,1H3/t11-/m1/s1. The fourth-order valence-corrected chi connectivity index (χ4v) is 2.98. The summed E-state index contributed by atoms with van der Waals surface area (Å²) in [5, 5.41) is 3.76. The molecule has 20 heavy (non-hydrogen) atoms. The van der Waals surface area contributed by atoms with Crippen LogP contribution in [-0.2, 0) is 4.74 Å². The molecule has 1 aromatic heterocycles. The first kappa shape index (κ1) is 13.9. The lowest BCUT2D eigenvalue weighted by Crippen LogP contribution is -2.47. The average molecular weight is 296 g/mol. The van der Waals surface area contributed by atoms with E-state index in [4.69, 9.17) is 4.74 Å². The van der Waals surface area contributed by atoms with E-state index in [1.165, 1.54) is 24.4 Å². The van der Waals surface area contributed by atoms with Gasteiger partial charge in [-0.3, -0.25) is 4.79 Å². The van der Waals surface area contributed by atoms with E-state index in [0.29, 0.717) is 17.3 Å². The molecule has 7 heteroatoms. The minimum atomic E-state index is 0.0451. The Balaban J connectivity index is 1.64. The molecule has 6 nitrogen and oxygen atoms in total. The monoisotopic (exact) mass is 296 g/mol. The highest BCUT2D eigenvalue weighted by Crippen LogP contribution is 2.30. The minimum Gasteiger partial charge on any atom is -0.374 e. The van der Waals surface area contributed by atoms with Crippen LogP contribution < -0.4 is 0 Å². The van der Waals surface area contributed by atoms with Gasteiger partial charge in [0, 0.05) is 26.2 Å². The average Bonchev–Trinajstić information content (AvgIpc) is 3.08. The van der Waals surface area contributed by atoms with Crippen molar-refractivity contribution in [2.75, 3.05) is 39.8 Å². The topological polar surface area (TPSA) is 58.6 Å². The minimum absolute atomic E-state index is 0.0451. The van der Waals surface area contributed by atoms with Crippen molar-refractivity contribution in [2.24, 2.45) is 5.92 Å². The van der Waals surface area contributed by atoms with Gasteiger partial charge in [-0.2, -0.15) is 0 Å². The molecule has 0 aromatic carbocycles. The second-order valence-corrected chi connectivity index (χ2v) is 6.48. The number of carbonyl (C=O) groups excluding carboxylic acids is 1. The molecule has 1 aliphatic carbocycles. The molecular formula is C13H20N4O2S. The lowest BCUT2D eigenvalue weighted by molar-refractivity contribution is -0.0330. The summed E-state index contributed by atoms with van der Waals surface area (Å²) in [5.74, 6) is 0.713. The predicted molar refractivity (Wildman–Crippen MR) is 75.8 cm³/mol. The van der Waals surface area contributed by atoms with Crippen molar-refractivity contribution in [3.63, 3.8) is 0 Å². The summed E-state index contributed by atoms with van der Waals surface area (Å²) in [6, 6.07) is 0. The molecule has 0 radical (unpaired) electrons. The number of hydrogen-bond donors (Lipinski definition) is 0. The highest BCUT2D eigenvalue weighted by atomic mass is 32.1. The molecular weight excluding hydrogens is 276 g/mol. The fraction of sp³-hybridized carbons (Fsp3) is 0.769. The number of amides is 1. The first-order valence-corrected chi connectivity index (χ1v) is 7.86. The molecule has 1 aliphatic heterocycles. The van der Waals surface area contributed by atoms with Gasteiger partial charge in [0.25, 0.3) is 5.91 Å². The van der Waals surface area contributed by atoms with Crippen LogP contribution >= 0.6 is 11.5 Å². The summed E-state index contributed by atoms with van der Waals surface area (Å²) >= 11 is 1.17. The van der Waals surface area contributed by atoms with Gasteiger partial charge in [0.1, 0.15) is 4.88 Å². The van der Waals surface area contributed by atoms with Crippen molar-refractivity contribution >= 4 is 17.4 Å². The molecule has 2 aliphatic rings. The van der Waals surface area contributed by atoms with E-state index in [0.717, 1.165) is 26.2 Å². The summed E-state index contributed by atoms with van der Waals surface area (Å²) in [5.41, 5.74) is 0. The van der Waals surface area contributed by atoms with Crippen LogP contribution in [-0.4, -0.2) is 71.2 Å². The van der Waals surface area contributed by atoms with Crippen LogP contribution in [0.2, 0.25) is 0 Å². The van der Waals surface area contributed by atoms with Crippen molar-refractivity contribution in [1.82, 2.24) is 19.4 Å². The SMILES string of the molecule is CN1CCO[C@@H](CN(CC2CC2)C(=O)c2cnns2)C1. The van der Waals surface area contributed by atoms with E-state index >= 15 is 0 Å². The number of aromatic nitrogens is 2. The Morgan fingerprint density at radius 1 is 1.55 bits per heavy atom. The maximum absolute atomic E-state index is 12.5. The highest BCUT2D eigenvalue weighted by molar-refractivity contribution is 7.07. The second kappa shape index (κ2) is 6.15. The Morgan fingerprint density at radius 2 is 2.40 bits per heavy atom. The fourth-order valence-electron chi connectivity index (χ4n) is 2.49. The van der Waals surface area contributed by atoms with Crippen molar-refractivity contribution in [1.29, 1.82) is 0 Å². The summed E-state index contributed by atoms with van der Waals surface area (Å²) in [6.07, 6.45) is 4.13. The summed E-state index contributed by atoms with van der Waals surface area (Å²) in [6.45, 7) is 4.09. The van der Waals surface area contributed by atoms with E-state index in [1.54, 1.807) is 6.20 Å². The number of likely N-dealkylation sites (N-methyl/N-ethyl adjacent to an activating group) is 1. The molecule has 0 spiro atoms. The summed E-state index contributed by atoms with van der Waals surface area (Å²) < 4.78 is 9.57. The van der Waals surface area contributed by atoms with Gasteiger partial charge in [-0.25, -0.2) is 0 Å². The van der Waals surface area contributed by atoms with Crippen molar-refractivity contribution in [2.45, 2.75) is 18.9 Å².